The number of para-hydroxylation sites is 2. The van der Waals surface area contributed by atoms with E-state index in [1.165, 1.54) is 0 Å². The Hall–Kier alpha value is -3.96. The maximum atomic E-state index is 11.7. The van der Waals surface area contributed by atoms with Gasteiger partial charge in [-0.1, -0.05) is 48.5 Å². The molecule has 0 aliphatic carbocycles. The van der Waals surface area contributed by atoms with Crippen molar-refractivity contribution in [3.63, 3.8) is 0 Å². The summed E-state index contributed by atoms with van der Waals surface area (Å²) in [5.74, 6) is -1.69. The lowest BCUT2D eigenvalue weighted by Crippen LogP contribution is -2.47. The van der Waals surface area contributed by atoms with Gasteiger partial charge in [0.1, 0.15) is 0 Å². The van der Waals surface area contributed by atoms with E-state index in [1.54, 1.807) is 0 Å². The van der Waals surface area contributed by atoms with Crippen LogP contribution in [0.25, 0.3) is 21.8 Å². The normalized spacial score (nSPS) is 17.1. The fraction of sp³-hybridized carbons (Fsp3) is 0.375. The lowest BCUT2D eigenvalue weighted by atomic mass is 10.2. The maximum absolute atomic E-state index is 11.7. The molecule has 4 aromatic rings. The van der Waals surface area contributed by atoms with E-state index in [4.69, 9.17) is 9.97 Å². The topological polar surface area (TPSA) is 113 Å². The van der Waals surface area contributed by atoms with E-state index in [2.05, 4.69) is 21.9 Å². The third-order valence-electron chi connectivity index (χ3n) is 7.73. The Kier molecular flexibility index (Phi) is 10.0. The molecular formula is C32H38N6O4. The molecule has 3 heterocycles. The summed E-state index contributed by atoms with van der Waals surface area (Å²) in [5.41, 5.74) is 3.74. The van der Waals surface area contributed by atoms with Gasteiger partial charge in [-0.05, 0) is 24.3 Å². The summed E-state index contributed by atoms with van der Waals surface area (Å²) in [7, 11) is 0. The molecule has 2 aromatic carbocycles. The predicted octanol–water partition coefficient (Wildman–Crippen LogP) is 2.87. The molecule has 5 rings (SSSR count). The summed E-state index contributed by atoms with van der Waals surface area (Å²) in [6.07, 6.45) is 0. The van der Waals surface area contributed by atoms with Crippen molar-refractivity contribution < 1.29 is 19.8 Å². The van der Waals surface area contributed by atoms with E-state index < -0.39 is 11.9 Å². The molecule has 10 nitrogen and oxygen atoms in total. The molecule has 0 unspecified atom stereocenters. The van der Waals surface area contributed by atoms with Crippen molar-refractivity contribution >= 4 is 33.7 Å². The van der Waals surface area contributed by atoms with E-state index in [-0.39, 0.29) is 13.1 Å². The molecule has 0 radical (unpaired) electrons. The van der Waals surface area contributed by atoms with E-state index in [9.17, 15) is 19.8 Å². The highest BCUT2D eigenvalue weighted by Gasteiger charge is 2.20. The lowest BCUT2D eigenvalue weighted by molar-refractivity contribution is -0.139. The molecule has 0 bridgehead atoms. The number of carboxylic acids is 2. The number of hydrogen-bond acceptors (Lipinski definition) is 8. The zero-order valence-electron chi connectivity index (χ0n) is 23.8. The number of benzene rings is 2. The second-order valence-corrected chi connectivity index (χ2v) is 10.9. The van der Waals surface area contributed by atoms with Gasteiger partial charge in [0, 0.05) is 76.2 Å². The average molecular weight is 571 g/mol. The Balaban J connectivity index is 1.32. The van der Waals surface area contributed by atoms with Crippen LogP contribution in [0.1, 0.15) is 11.4 Å². The van der Waals surface area contributed by atoms with Crippen molar-refractivity contribution in [3.05, 3.63) is 84.2 Å². The monoisotopic (exact) mass is 570 g/mol. The molecule has 1 aliphatic rings. The minimum absolute atomic E-state index is 0.0325. The summed E-state index contributed by atoms with van der Waals surface area (Å²) < 4.78 is 0. The second kappa shape index (κ2) is 14.3. The Morgan fingerprint density at radius 1 is 0.524 bits per heavy atom. The molecule has 2 N–H and O–H groups in total. The third kappa shape index (κ3) is 8.53. The van der Waals surface area contributed by atoms with Gasteiger partial charge in [-0.3, -0.25) is 39.2 Å². The Morgan fingerprint density at radius 2 is 0.881 bits per heavy atom. The van der Waals surface area contributed by atoms with E-state index in [0.717, 1.165) is 33.2 Å². The first-order chi connectivity index (χ1) is 20.4. The number of hydrogen-bond donors (Lipinski definition) is 2. The molecule has 1 fully saturated rings. The molecule has 0 amide bonds. The molecule has 10 heteroatoms. The zero-order valence-corrected chi connectivity index (χ0v) is 23.8. The van der Waals surface area contributed by atoms with Crippen LogP contribution in [0, 0.1) is 0 Å². The Labute approximate surface area is 245 Å². The Bertz CT molecular complexity index is 1390. The zero-order chi connectivity index (χ0) is 29.3. The van der Waals surface area contributed by atoms with Crippen molar-refractivity contribution in [1.29, 1.82) is 0 Å². The molecular weight excluding hydrogens is 532 g/mol. The number of carbonyl (C=O) groups is 2. The van der Waals surface area contributed by atoms with E-state index in [0.29, 0.717) is 65.4 Å². The number of aromatic nitrogens is 2. The van der Waals surface area contributed by atoms with Gasteiger partial charge >= 0.3 is 11.9 Å². The van der Waals surface area contributed by atoms with Gasteiger partial charge < -0.3 is 10.2 Å². The van der Waals surface area contributed by atoms with Gasteiger partial charge in [0.2, 0.25) is 0 Å². The largest absolute Gasteiger partial charge is 0.480 e. The molecule has 1 saturated heterocycles. The number of nitrogens with zero attached hydrogens (tertiary/aromatic N) is 6. The smallest absolute Gasteiger partial charge is 0.317 e. The van der Waals surface area contributed by atoms with E-state index >= 15 is 0 Å². The van der Waals surface area contributed by atoms with Crippen LogP contribution in [-0.4, -0.2) is 117 Å². The van der Waals surface area contributed by atoms with Crippen LogP contribution in [0.4, 0.5) is 0 Å². The lowest BCUT2D eigenvalue weighted by Gasteiger charge is -2.33. The van der Waals surface area contributed by atoms with Gasteiger partial charge in [-0.25, -0.2) is 0 Å². The van der Waals surface area contributed by atoms with Crippen LogP contribution >= 0.6 is 0 Å². The number of aliphatic carboxylic acids is 2. The third-order valence-corrected chi connectivity index (χ3v) is 7.73. The standard InChI is InChI=1S/C32H38N6O4/c39-31(40)23-37-17-13-35(21-27-11-9-25-5-1-3-7-29(25)33-27)14-18-38(24-32(41)42)20-16-36(15-19-37)22-28-12-10-26-6-2-4-8-30(26)34-28/h1-12H,13-24H2,(H,39,40)(H,41,42). The first-order valence-corrected chi connectivity index (χ1v) is 14.4. The maximum Gasteiger partial charge on any atom is 0.317 e. The second-order valence-electron chi connectivity index (χ2n) is 10.9. The summed E-state index contributed by atoms with van der Waals surface area (Å²) in [5, 5.41) is 21.4. The van der Waals surface area contributed by atoms with Gasteiger partial charge in [0.05, 0.1) is 35.5 Å². The van der Waals surface area contributed by atoms with Crippen molar-refractivity contribution in [3.8, 4) is 0 Å². The first kappa shape index (κ1) is 29.5. The quantitative estimate of drug-likeness (QED) is 0.328. The van der Waals surface area contributed by atoms with Crippen LogP contribution in [0.2, 0.25) is 0 Å². The van der Waals surface area contributed by atoms with Crippen molar-refractivity contribution in [2.75, 3.05) is 65.4 Å². The average Bonchev–Trinajstić information content (AvgIpc) is 2.97. The van der Waals surface area contributed by atoms with Crippen LogP contribution in [0.3, 0.4) is 0 Å². The van der Waals surface area contributed by atoms with Gasteiger partial charge in [-0.15, -0.1) is 0 Å². The summed E-state index contributed by atoms with van der Waals surface area (Å²) >= 11 is 0. The van der Waals surface area contributed by atoms with Crippen LogP contribution < -0.4 is 0 Å². The molecule has 0 saturated carbocycles. The summed E-state index contributed by atoms with van der Waals surface area (Å²) in [6, 6.07) is 24.2. The number of fused-ring (bicyclic) bond motifs is 2. The fourth-order valence-electron chi connectivity index (χ4n) is 5.44. The van der Waals surface area contributed by atoms with Crippen molar-refractivity contribution in [1.82, 2.24) is 29.6 Å². The number of pyridine rings is 2. The molecule has 220 valence electrons. The molecule has 0 spiro atoms. The van der Waals surface area contributed by atoms with Crippen molar-refractivity contribution in [2.45, 2.75) is 13.1 Å². The molecule has 0 atom stereocenters. The summed E-state index contributed by atoms with van der Waals surface area (Å²) in [4.78, 5) is 41.6. The SMILES string of the molecule is O=C(O)CN1CCN(Cc2ccc3ccccc3n2)CCN(CC(=O)O)CCN(Cc2ccc3ccccc3n2)CC1. The highest BCUT2D eigenvalue weighted by molar-refractivity contribution is 5.79. The van der Waals surface area contributed by atoms with E-state index in [1.807, 2.05) is 70.5 Å². The van der Waals surface area contributed by atoms with Crippen molar-refractivity contribution in [2.24, 2.45) is 0 Å². The number of rotatable bonds is 8. The Morgan fingerprint density at radius 3 is 1.26 bits per heavy atom. The van der Waals surface area contributed by atoms with Gasteiger partial charge in [-0.2, -0.15) is 0 Å². The summed E-state index contributed by atoms with van der Waals surface area (Å²) in [6.45, 7) is 6.07. The fourth-order valence-corrected chi connectivity index (χ4v) is 5.44. The van der Waals surface area contributed by atoms with Gasteiger partial charge in [0.25, 0.3) is 0 Å². The first-order valence-electron chi connectivity index (χ1n) is 14.4. The predicted molar refractivity (Wildman–Crippen MR) is 162 cm³/mol. The molecule has 1 aliphatic heterocycles. The minimum Gasteiger partial charge on any atom is -0.480 e. The molecule has 2 aromatic heterocycles. The highest BCUT2D eigenvalue weighted by Crippen LogP contribution is 2.15. The highest BCUT2D eigenvalue weighted by atomic mass is 16.4. The molecule has 42 heavy (non-hydrogen) atoms. The van der Waals surface area contributed by atoms with Crippen LogP contribution in [0.5, 0.6) is 0 Å². The van der Waals surface area contributed by atoms with Crippen LogP contribution in [-0.2, 0) is 22.7 Å². The number of carboxylic acid groups (broad SMARTS) is 2. The minimum atomic E-state index is -0.847. The van der Waals surface area contributed by atoms with Crippen LogP contribution in [0.15, 0.2) is 72.8 Å². The van der Waals surface area contributed by atoms with Gasteiger partial charge in [0.15, 0.2) is 0 Å².